The Hall–Kier alpha value is -3.64. The van der Waals surface area contributed by atoms with Crippen LogP contribution >= 0.6 is 11.8 Å². The molecular weight excluding hydrogens is 468 g/mol. The third-order valence-electron chi connectivity index (χ3n) is 6.33. The number of para-hydroxylation sites is 1. The van der Waals surface area contributed by atoms with Gasteiger partial charge in [-0.25, -0.2) is 4.79 Å². The molecule has 184 valence electrons. The van der Waals surface area contributed by atoms with Gasteiger partial charge >= 0.3 is 5.97 Å². The van der Waals surface area contributed by atoms with Crippen LogP contribution in [0.3, 0.4) is 0 Å². The van der Waals surface area contributed by atoms with Crippen LogP contribution in [0.4, 0.5) is 0 Å². The zero-order valence-electron chi connectivity index (χ0n) is 20.5. The van der Waals surface area contributed by atoms with E-state index in [0.29, 0.717) is 17.7 Å². The van der Waals surface area contributed by atoms with Crippen molar-refractivity contribution in [2.75, 3.05) is 12.0 Å². The lowest BCUT2D eigenvalue weighted by molar-refractivity contribution is -0.139. The number of pyridine rings is 1. The number of thioether (sulfide) groups is 1. The predicted molar refractivity (Wildman–Crippen MR) is 148 cm³/mol. The molecule has 1 heterocycles. The Balaban J connectivity index is 1.61. The summed E-state index contributed by atoms with van der Waals surface area (Å²) in [7, 11) is 0. The highest BCUT2D eigenvalue weighted by molar-refractivity contribution is 7.98. The van der Waals surface area contributed by atoms with Crippen molar-refractivity contribution in [2.24, 2.45) is 0 Å². The number of carboxylic acids is 1. The first-order valence-electron chi connectivity index (χ1n) is 12.0. The summed E-state index contributed by atoms with van der Waals surface area (Å²) >= 11 is 1.56. The van der Waals surface area contributed by atoms with Gasteiger partial charge in [-0.1, -0.05) is 54.6 Å². The molecule has 0 radical (unpaired) electrons. The molecule has 0 aliphatic rings. The number of carboxylic acid groups (broad SMARTS) is 1. The lowest BCUT2D eigenvalue weighted by Crippen LogP contribution is -2.41. The van der Waals surface area contributed by atoms with Gasteiger partial charge < -0.3 is 10.4 Å². The monoisotopic (exact) mass is 498 g/mol. The number of aryl methyl sites for hydroxylation is 3. The molecule has 4 rings (SSSR count). The minimum absolute atomic E-state index is 0.368. The maximum atomic E-state index is 13.3. The Morgan fingerprint density at radius 1 is 0.944 bits per heavy atom. The van der Waals surface area contributed by atoms with Crippen LogP contribution in [0.2, 0.25) is 0 Å². The Kier molecular flexibility index (Phi) is 8.39. The SMILES string of the molecule is CSCCC(NC(=O)c1ccc(CCc2cnc3ccccc3c2)cc1-c1ccccc1C)C(=O)O. The third-order valence-corrected chi connectivity index (χ3v) is 6.97. The second-order valence-corrected chi connectivity index (χ2v) is 9.86. The van der Waals surface area contributed by atoms with Crippen molar-refractivity contribution in [3.63, 3.8) is 0 Å². The number of hydrogen-bond acceptors (Lipinski definition) is 4. The first-order chi connectivity index (χ1) is 17.5. The fraction of sp³-hybridized carbons (Fsp3) is 0.233. The molecule has 4 aromatic rings. The van der Waals surface area contributed by atoms with Gasteiger partial charge in [0.1, 0.15) is 6.04 Å². The van der Waals surface area contributed by atoms with E-state index in [9.17, 15) is 14.7 Å². The number of carbonyl (C=O) groups excluding carboxylic acids is 1. The number of aliphatic carboxylic acids is 1. The molecule has 5 nitrogen and oxygen atoms in total. The average molecular weight is 499 g/mol. The second kappa shape index (κ2) is 11.9. The summed E-state index contributed by atoms with van der Waals surface area (Å²) in [5.74, 6) is -0.729. The van der Waals surface area contributed by atoms with Crippen LogP contribution in [0.25, 0.3) is 22.0 Å². The van der Waals surface area contributed by atoms with Crippen molar-refractivity contribution in [1.82, 2.24) is 10.3 Å². The Labute approximate surface area is 216 Å². The van der Waals surface area contributed by atoms with Crippen LogP contribution in [0.5, 0.6) is 0 Å². The zero-order valence-corrected chi connectivity index (χ0v) is 21.3. The van der Waals surface area contributed by atoms with E-state index in [2.05, 4.69) is 28.5 Å². The lowest BCUT2D eigenvalue weighted by atomic mass is 9.92. The molecule has 1 amide bonds. The van der Waals surface area contributed by atoms with Crippen molar-refractivity contribution < 1.29 is 14.7 Å². The maximum Gasteiger partial charge on any atom is 0.326 e. The lowest BCUT2D eigenvalue weighted by Gasteiger charge is -2.17. The maximum absolute atomic E-state index is 13.3. The highest BCUT2D eigenvalue weighted by Gasteiger charge is 2.22. The highest BCUT2D eigenvalue weighted by atomic mass is 32.2. The van der Waals surface area contributed by atoms with Gasteiger partial charge in [-0.3, -0.25) is 9.78 Å². The number of amides is 1. The molecule has 6 heteroatoms. The summed E-state index contributed by atoms with van der Waals surface area (Å²) in [6.45, 7) is 2.02. The van der Waals surface area contributed by atoms with Crippen molar-refractivity contribution in [3.05, 3.63) is 101 Å². The quantitative estimate of drug-likeness (QED) is 0.283. The Bertz CT molecular complexity index is 1390. The van der Waals surface area contributed by atoms with Crippen LogP contribution in [-0.2, 0) is 17.6 Å². The highest BCUT2D eigenvalue weighted by Crippen LogP contribution is 2.29. The summed E-state index contributed by atoms with van der Waals surface area (Å²) in [5.41, 5.74) is 6.56. The molecule has 0 aliphatic heterocycles. The first-order valence-corrected chi connectivity index (χ1v) is 13.4. The zero-order chi connectivity index (χ0) is 25.5. The number of fused-ring (bicyclic) bond motifs is 1. The van der Waals surface area contributed by atoms with Crippen molar-refractivity contribution >= 4 is 34.5 Å². The largest absolute Gasteiger partial charge is 0.480 e. The van der Waals surface area contributed by atoms with E-state index in [1.807, 2.05) is 74.0 Å². The number of benzene rings is 3. The van der Waals surface area contributed by atoms with Crippen molar-refractivity contribution in [2.45, 2.75) is 32.2 Å². The van der Waals surface area contributed by atoms with Gasteiger partial charge in [-0.2, -0.15) is 11.8 Å². The second-order valence-electron chi connectivity index (χ2n) is 8.88. The van der Waals surface area contributed by atoms with Gasteiger partial charge in [0.15, 0.2) is 0 Å². The molecule has 1 atom stereocenters. The molecule has 0 spiro atoms. The number of rotatable bonds is 10. The molecule has 0 fully saturated rings. The molecule has 3 aromatic carbocycles. The number of aromatic nitrogens is 1. The number of nitrogens with one attached hydrogen (secondary N) is 1. The minimum atomic E-state index is -1.02. The molecule has 0 bridgehead atoms. The summed E-state index contributed by atoms with van der Waals surface area (Å²) in [6.07, 6.45) is 5.84. The molecule has 36 heavy (non-hydrogen) atoms. The summed E-state index contributed by atoms with van der Waals surface area (Å²) < 4.78 is 0. The molecular formula is C30H30N2O3S. The molecule has 1 unspecified atom stereocenters. The average Bonchev–Trinajstić information content (AvgIpc) is 2.89. The predicted octanol–water partition coefficient (Wildman–Crippen LogP) is 5.93. The van der Waals surface area contributed by atoms with Crippen molar-refractivity contribution in [1.29, 1.82) is 0 Å². The number of hydrogen-bond donors (Lipinski definition) is 2. The summed E-state index contributed by atoms with van der Waals surface area (Å²) in [4.78, 5) is 29.5. The van der Waals surface area contributed by atoms with Crippen LogP contribution in [0, 0.1) is 6.92 Å². The van der Waals surface area contributed by atoms with Gasteiger partial charge in [-0.05, 0) is 84.2 Å². The first kappa shape index (κ1) is 25.5. The Morgan fingerprint density at radius 2 is 1.69 bits per heavy atom. The summed E-state index contributed by atoms with van der Waals surface area (Å²) in [5, 5.41) is 13.4. The van der Waals surface area contributed by atoms with Crippen LogP contribution in [-0.4, -0.2) is 40.0 Å². The fourth-order valence-corrected chi connectivity index (χ4v) is 4.79. The van der Waals surface area contributed by atoms with E-state index in [1.54, 1.807) is 11.8 Å². The van der Waals surface area contributed by atoms with Crippen molar-refractivity contribution in [3.8, 4) is 11.1 Å². The number of carbonyl (C=O) groups is 2. The van der Waals surface area contributed by atoms with E-state index in [0.717, 1.165) is 51.6 Å². The van der Waals surface area contributed by atoms with Crippen LogP contribution in [0.15, 0.2) is 79.0 Å². The molecule has 0 aliphatic carbocycles. The smallest absolute Gasteiger partial charge is 0.326 e. The van der Waals surface area contributed by atoms with E-state index < -0.39 is 12.0 Å². The minimum Gasteiger partial charge on any atom is -0.480 e. The summed E-state index contributed by atoms with van der Waals surface area (Å²) in [6, 6.07) is 23.1. The topological polar surface area (TPSA) is 79.3 Å². The Morgan fingerprint density at radius 3 is 2.47 bits per heavy atom. The van der Waals surface area contributed by atoms with Crippen LogP contribution in [0.1, 0.15) is 33.5 Å². The van der Waals surface area contributed by atoms with E-state index in [1.165, 1.54) is 0 Å². The third kappa shape index (κ3) is 6.13. The van der Waals surface area contributed by atoms with E-state index >= 15 is 0 Å². The number of nitrogens with zero attached hydrogens (tertiary/aromatic N) is 1. The molecule has 0 saturated carbocycles. The van der Waals surface area contributed by atoms with Gasteiger partial charge in [-0.15, -0.1) is 0 Å². The standard InChI is InChI=1S/C30H30N2O3S/c1-20-7-3-5-9-24(20)26-18-21(11-12-22-17-23-8-4-6-10-27(23)31-19-22)13-14-25(26)29(33)32-28(30(34)35)15-16-36-2/h3-10,13-14,17-19,28H,11-12,15-16H2,1-2H3,(H,32,33)(H,34,35). The molecule has 2 N–H and O–H groups in total. The van der Waals surface area contributed by atoms with Gasteiger partial charge in [0, 0.05) is 17.1 Å². The molecule has 1 aromatic heterocycles. The normalized spacial score (nSPS) is 11.8. The van der Waals surface area contributed by atoms with Gasteiger partial charge in [0.2, 0.25) is 0 Å². The molecule has 0 saturated heterocycles. The van der Waals surface area contributed by atoms with Crippen LogP contribution < -0.4 is 5.32 Å². The van der Waals surface area contributed by atoms with Gasteiger partial charge in [0.25, 0.3) is 5.91 Å². The van der Waals surface area contributed by atoms with E-state index in [4.69, 9.17) is 0 Å². The fourth-order valence-electron chi connectivity index (χ4n) is 4.31. The van der Waals surface area contributed by atoms with E-state index in [-0.39, 0.29) is 5.91 Å². The van der Waals surface area contributed by atoms with Gasteiger partial charge in [0.05, 0.1) is 5.52 Å².